The molecule has 0 bridgehead atoms. The molecule has 3 rings (SSSR count). The molecule has 1 aliphatic rings. The summed E-state index contributed by atoms with van der Waals surface area (Å²) in [6, 6.07) is 6.46. The molecule has 0 aliphatic carbocycles. The van der Waals surface area contributed by atoms with Gasteiger partial charge in [0, 0.05) is 37.1 Å². The van der Waals surface area contributed by atoms with E-state index >= 15 is 0 Å². The molecule has 2 heterocycles. The highest BCUT2D eigenvalue weighted by Crippen LogP contribution is 2.21. The Balaban J connectivity index is 1.97. The second-order valence-corrected chi connectivity index (χ2v) is 6.07. The van der Waals surface area contributed by atoms with Crippen LogP contribution in [0.3, 0.4) is 0 Å². The molecular weight excluding hydrogens is 281 g/mol. The second kappa shape index (κ2) is 5.65. The summed E-state index contributed by atoms with van der Waals surface area (Å²) in [7, 11) is 2.07. The summed E-state index contributed by atoms with van der Waals surface area (Å²) in [6.45, 7) is 6.33. The van der Waals surface area contributed by atoms with E-state index in [1.54, 1.807) is 13.0 Å². The van der Waals surface area contributed by atoms with Crippen LogP contribution in [0.4, 0.5) is 4.39 Å². The van der Waals surface area contributed by atoms with Gasteiger partial charge in [0.05, 0.1) is 16.8 Å². The minimum absolute atomic E-state index is 0.0109. The number of halogens is 1. The molecule has 0 radical (unpaired) electrons. The number of hydrogen-bond acceptors (Lipinski definition) is 3. The lowest BCUT2D eigenvalue weighted by Crippen LogP contribution is -2.52. The molecule has 116 valence electrons. The summed E-state index contributed by atoms with van der Waals surface area (Å²) in [6.07, 6.45) is 0. The average Bonchev–Trinajstić information content (AvgIpc) is 2.45. The number of piperazine rings is 1. The van der Waals surface area contributed by atoms with Crippen LogP contribution >= 0.6 is 0 Å². The van der Waals surface area contributed by atoms with Gasteiger partial charge in [0.1, 0.15) is 5.82 Å². The largest absolute Gasteiger partial charge is 0.333 e. The zero-order valence-electron chi connectivity index (χ0n) is 13.1. The second-order valence-electron chi connectivity index (χ2n) is 6.07. The van der Waals surface area contributed by atoms with Crippen molar-refractivity contribution in [2.24, 2.45) is 0 Å². The molecule has 2 aromatic rings. The van der Waals surface area contributed by atoms with E-state index in [0.717, 1.165) is 25.0 Å². The van der Waals surface area contributed by atoms with Crippen LogP contribution in [-0.2, 0) is 0 Å². The van der Waals surface area contributed by atoms with Gasteiger partial charge in [-0.1, -0.05) is 0 Å². The van der Waals surface area contributed by atoms with Gasteiger partial charge in [0.15, 0.2) is 0 Å². The number of aryl methyl sites for hydroxylation is 1. The van der Waals surface area contributed by atoms with E-state index < -0.39 is 0 Å². The molecule has 5 heteroatoms. The Bertz CT molecular complexity index is 731. The van der Waals surface area contributed by atoms with Crippen molar-refractivity contribution in [2.75, 3.05) is 26.7 Å². The van der Waals surface area contributed by atoms with Crippen molar-refractivity contribution >= 4 is 16.8 Å². The lowest BCUT2D eigenvalue weighted by Gasteiger charge is -2.38. The van der Waals surface area contributed by atoms with Gasteiger partial charge in [-0.15, -0.1) is 0 Å². The molecule has 1 atom stereocenters. The predicted octanol–water partition coefficient (Wildman–Crippen LogP) is 2.46. The Morgan fingerprint density at radius 2 is 2.09 bits per heavy atom. The third-order valence-corrected chi connectivity index (χ3v) is 4.29. The number of aromatic nitrogens is 1. The van der Waals surface area contributed by atoms with Crippen molar-refractivity contribution in [3.05, 3.63) is 41.3 Å². The molecule has 0 spiro atoms. The highest BCUT2D eigenvalue weighted by Gasteiger charge is 2.27. The summed E-state index contributed by atoms with van der Waals surface area (Å²) in [5.41, 5.74) is 1.84. The van der Waals surface area contributed by atoms with Crippen LogP contribution < -0.4 is 0 Å². The fourth-order valence-electron chi connectivity index (χ4n) is 3.05. The van der Waals surface area contributed by atoms with E-state index in [0.29, 0.717) is 16.8 Å². The van der Waals surface area contributed by atoms with Gasteiger partial charge in [0.2, 0.25) is 0 Å². The van der Waals surface area contributed by atoms with Gasteiger partial charge in [-0.3, -0.25) is 9.78 Å². The standard InChI is InChI=1S/C17H20FN3O/c1-11-10-20(3)6-7-21(11)17(22)15-8-13-4-5-14(18)9-16(13)19-12(15)2/h4-5,8-9,11H,6-7,10H2,1-3H3. The van der Waals surface area contributed by atoms with E-state index in [1.807, 2.05) is 11.0 Å². The number of nitrogens with zero attached hydrogens (tertiary/aromatic N) is 3. The van der Waals surface area contributed by atoms with Crippen molar-refractivity contribution in [1.29, 1.82) is 0 Å². The normalized spacial score (nSPS) is 19.6. The fraction of sp³-hybridized carbons (Fsp3) is 0.412. The Kier molecular flexibility index (Phi) is 3.83. The van der Waals surface area contributed by atoms with Crippen LogP contribution in [0.15, 0.2) is 24.3 Å². The van der Waals surface area contributed by atoms with Crippen LogP contribution in [-0.4, -0.2) is 53.4 Å². The minimum Gasteiger partial charge on any atom is -0.333 e. The smallest absolute Gasteiger partial charge is 0.256 e. The van der Waals surface area contributed by atoms with Gasteiger partial charge < -0.3 is 9.80 Å². The third-order valence-electron chi connectivity index (χ3n) is 4.29. The Morgan fingerprint density at radius 3 is 2.82 bits per heavy atom. The number of likely N-dealkylation sites (N-methyl/N-ethyl adjacent to an activating group) is 1. The minimum atomic E-state index is -0.314. The molecule has 1 aromatic heterocycles. The first-order valence-electron chi connectivity index (χ1n) is 7.52. The molecular formula is C17H20FN3O. The monoisotopic (exact) mass is 301 g/mol. The number of pyridine rings is 1. The zero-order valence-corrected chi connectivity index (χ0v) is 13.1. The molecule has 1 aromatic carbocycles. The summed E-state index contributed by atoms with van der Waals surface area (Å²) in [4.78, 5) is 21.4. The van der Waals surface area contributed by atoms with Crippen molar-refractivity contribution in [3.8, 4) is 0 Å². The lowest BCUT2D eigenvalue weighted by molar-refractivity contribution is 0.0532. The van der Waals surface area contributed by atoms with Gasteiger partial charge in [-0.2, -0.15) is 0 Å². The first-order valence-corrected chi connectivity index (χ1v) is 7.52. The Morgan fingerprint density at radius 1 is 1.32 bits per heavy atom. The van der Waals surface area contributed by atoms with Crippen molar-refractivity contribution < 1.29 is 9.18 Å². The van der Waals surface area contributed by atoms with Crippen LogP contribution in [0.25, 0.3) is 10.9 Å². The number of carbonyl (C=O) groups is 1. The van der Waals surface area contributed by atoms with E-state index in [2.05, 4.69) is 23.9 Å². The summed E-state index contributed by atoms with van der Waals surface area (Å²) in [5, 5.41) is 0.789. The van der Waals surface area contributed by atoms with Crippen molar-refractivity contribution in [2.45, 2.75) is 19.9 Å². The number of hydrogen-bond donors (Lipinski definition) is 0. The van der Waals surface area contributed by atoms with Crippen LogP contribution in [0.5, 0.6) is 0 Å². The highest BCUT2D eigenvalue weighted by atomic mass is 19.1. The molecule has 1 saturated heterocycles. The molecule has 22 heavy (non-hydrogen) atoms. The Labute approximate surface area is 129 Å². The summed E-state index contributed by atoms with van der Waals surface area (Å²) in [5.74, 6) is -0.303. The topological polar surface area (TPSA) is 36.4 Å². The molecule has 1 amide bonds. The first-order chi connectivity index (χ1) is 10.5. The first kappa shape index (κ1) is 14.9. The number of amides is 1. The van der Waals surface area contributed by atoms with Crippen LogP contribution in [0, 0.1) is 12.7 Å². The molecule has 1 aliphatic heterocycles. The lowest BCUT2D eigenvalue weighted by atomic mass is 10.1. The molecule has 0 saturated carbocycles. The fourth-order valence-corrected chi connectivity index (χ4v) is 3.05. The number of carbonyl (C=O) groups excluding carboxylic acids is 1. The predicted molar refractivity (Wildman–Crippen MR) is 84.4 cm³/mol. The van der Waals surface area contributed by atoms with Gasteiger partial charge in [-0.25, -0.2) is 4.39 Å². The number of rotatable bonds is 1. The quantitative estimate of drug-likeness (QED) is 0.812. The number of fused-ring (bicyclic) bond motifs is 1. The van der Waals surface area contributed by atoms with Gasteiger partial charge >= 0.3 is 0 Å². The highest BCUT2D eigenvalue weighted by molar-refractivity contribution is 5.98. The van der Waals surface area contributed by atoms with E-state index in [4.69, 9.17) is 0 Å². The van der Waals surface area contributed by atoms with Crippen LogP contribution in [0.2, 0.25) is 0 Å². The van der Waals surface area contributed by atoms with E-state index in [9.17, 15) is 9.18 Å². The van der Waals surface area contributed by atoms with E-state index in [1.165, 1.54) is 12.1 Å². The zero-order chi connectivity index (χ0) is 15.9. The molecule has 1 fully saturated rings. The average molecular weight is 301 g/mol. The van der Waals surface area contributed by atoms with Crippen molar-refractivity contribution in [1.82, 2.24) is 14.8 Å². The van der Waals surface area contributed by atoms with Crippen molar-refractivity contribution in [3.63, 3.8) is 0 Å². The summed E-state index contributed by atoms with van der Waals surface area (Å²) < 4.78 is 13.3. The van der Waals surface area contributed by atoms with Gasteiger partial charge in [-0.05, 0) is 39.1 Å². The van der Waals surface area contributed by atoms with Crippen LogP contribution in [0.1, 0.15) is 23.0 Å². The third kappa shape index (κ3) is 2.68. The number of benzene rings is 1. The summed E-state index contributed by atoms with van der Waals surface area (Å²) >= 11 is 0. The molecule has 0 N–H and O–H groups in total. The molecule has 4 nitrogen and oxygen atoms in total. The maximum Gasteiger partial charge on any atom is 0.256 e. The maximum absolute atomic E-state index is 13.3. The maximum atomic E-state index is 13.3. The van der Waals surface area contributed by atoms with Gasteiger partial charge in [0.25, 0.3) is 5.91 Å². The molecule has 1 unspecified atom stereocenters. The Hall–Kier alpha value is -2.01. The van der Waals surface area contributed by atoms with E-state index in [-0.39, 0.29) is 17.8 Å². The SMILES string of the molecule is Cc1nc2cc(F)ccc2cc1C(=O)N1CCN(C)CC1C.